The molecule has 1 N–H and O–H groups in total. The molecule has 2 aromatic rings. The van der Waals surface area contributed by atoms with E-state index in [2.05, 4.69) is 32.6 Å². The normalized spacial score (nSPS) is 10.8. The lowest BCUT2D eigenvalue weighted by Gasteiger charge is -1.96. The molecule has 0 aliphatic carbocycles. The van der Waals surface area contributed by atoms with Gasteiger partial charge >= 0.3 is 0 Å². The number of nitrogens with zero attached hydrogens (tertiary/aromatic N) is 3. The molecule has 0 saturated carbocycles. The summed E-state index contributed by atoms with van der Waals surface area (Å²) in [5.41, 5.74) is 1.49. The summed E-state index contributed by atoms with van der Waals surface area (Å²) in [6.07, 6.45) is 2.40. The Bertz CT molecular complexity index is 409. The zero-order valence-electron chi connectivity index (χ0n) is 6.57. The fraction of sp³-hybridized carbons (Fsp3) is 0.286. The number of H-pyrrole nitrogens is 1. The minimum Gasteiger partial charge on any atom is -0.329 e. The summed E-state index contributed by atoms with van der Waals surface area (Å²) in [7, 11) is 0. The molecule has 0 amide bonds. The first kappa shape index (κ1) is 7.54. The number of thiol groups is 1. The number of fused-ring (bicyclic) bond motifs is 1. The van der Waals surface area contributed by atoms with Crippen molar-refractivity contribution in [2.75, 3.05) is 0 Å². The number of aryl methyl sites for hydroxylation is 1. The monoisotopic (exact) mass is 180 g/mol. The van der Waals surface area contributed by atoms with Gasteiger partial charge in [-0.05, 0) is 0 Å². The number of nitrogens with one attached hydrogen (secondary N) is 1. The number of hydrogen-bond acceptors (Lipinski definition) is 4. The van der Waals surface area contributed by atoms with Crippen LogP contribution in [-0.4, -0.2) is 19.9 Å². The summed E-state index contributed by atoms with van der Waals surface area (Å²) in [5.74, 6) is 0.789. The lowest BCUT2D eigenvalue weighted by atomic mass is 10.4. The molecule has 0 radical (unpaired) electrons. The van der Waals surface area contributed by atoms with E-state index in [1.54, 1.807) is 6.33 Å². The van der Waals surface area contributed by atoms with Crippen LogP contribution in [0.4, 0.5) is 0 Å². The Morgan fingerprint density at radius 2 is 2.33 bits per heavy atom. The Hall–Kier alpha value is -1.10. The number of imidazole rings is 1. The zero-order chi connectivity index (χ0) is 8.55. The van der Waals surface area contributed by atoms with Crippen LogP contribution in [0.3, 0.4) is 0 Å². The Labute approximate surface area is 74.9 Å². The maximum atomic E-state index is 4.24. The van der Waals surface area contributed by atoms with Crippen LogP contribution >= 0.6 is 12.6 Å². The Balaban J connectivity index is 2.75. The minimum absolute atomic E-state index is 0.637. The first-order valence-corrected chi connectivity index (χ1v) is 4.15. The summed E-state index contributed by atoms with van der Waals surface area (Å²) < 4.78 is 0. The van der Waals surface area contributed by atoms with Gasteiger partial charge in [0.05, 0.1) is 6.33 Å². The van der Waals surface area contributed by atoms with Gasteiger partial charge in [-0.2, -0.15) is 0 Å². The maximum Gasteiger partial charge on any atom is 0.162 e. The van der Waals surface area contributed by atoms with Crippen LogP contribution in [0.5, 0.6) is 0 Å². The van der Waals surface area contributed by atoms with E-state index < -0.39 is 0 Å². The summed E-state index contributed by atoms with van der Waals surface area (Å²) in [6.45, 7) is 2.00. The minimum atomic E-state index is 0.637. The molecule has 0 bridgehead atoms. The molecule has 2 heterocycles. The highest BCUT2D eigenvalue weighted by molar-refractivity contribution is 7.80. The first-order valence-electron chi connectivity index (χ1n) is 3.70. The molecule has 5 heteroatoms. The molecule has 0 aliphatic heterocycles. The molecule has 0 spiro atoms. The van der Waals surface area contributed by atoms with Gasteiger partial charge in [-0.25, -0.2) is 15.0 Å². The van der Waals surface area contributed by atoms with Crippen LogP contribution in [-0.2, 0) is 6.42 Å². The third-order valence-corrected chi connectivity index (χ3v) is 1.93. The van der Waals surface area contributed by atoms with Gasteiger partial charge in [0.2, 0.25) is 0 Å². The van der Waals surface area contributed by atoms with Crippen molar-refractivity contribution in [2.24, 2.45) is 0 Å². The highest BCUT2D eigenvalue weighted by Crippen LogP contribution is 2.14. The molecule has 0 saturated heterocycles. The summed E-state index contributed by atoms with van der Waals surface area (Å²) in [6, 6.07) is 0. The molecule has 12 heavy (non-hydrogen) atoms. The van der Waals surface area contributed by atoms with Crippen LogP contribution in [0, 0.1) is 0 Å². The Morgan fingerprint density at radius 3 is 3.08 bits per heavy atom. The fourth-order valence-corrected chi connectivity index (χ4v) is 1.30. The third-order valence-electron chi connectivity index (χ3n) is 1.62. The van der Waals surface area contributed by atoms with E-state index in [0.29, 0.717) is 5.03 Å². The van der Waals surface area contributed by atoms with Gasteiger partial charge in [-0.15, -0.1) is 12.6 Å². The summed E-state index contributed by atoms with van der Waals surface area (Å²) >= 11 is 4.21. The second-order valence-corrected chi connectivity index (χ2v) is 2.84. The van der Waals surface area contributed by atoms with Gasteiger partial charge in [0.1, 0.15) is 16.4 Å². The van der Waals surface area contributed by atoms with E-state index in [0.717, 1.165) is 23.4 Å². The van der Waals surface area contributed by atoms with Crippen molar-refractivity contribution in [2.45, 2.75) is 18.4 Å². The van der Waals surface area contributed by atoms with E-state index in [1.165, 1.54) is 0 Å². The lowest BCUT2D eigenvalue weighted by molar-refractivity contribution is 0.913. The van der Waals surface area contributed by atoms with Gasteiger partial charge in [0.25, 0.3) is 0 Å². The topological polar surface area (TPSA) is 54.5 Å². The molecule has 0 aliphatic rings. The molecule has 2 aromatic heterocycles. The molecule has 4 nitrogen and oxygen atoms in total. The molecule has 2 rings (SSSR count). The van der Waals surface area contributed by atoms with Gasteiger partial charge in [0.15, 0.2) is 5.65 Å². The Kier molecular flexibility index (Phi) is 1.73. The highest BCUT2D eigenvalue weighted by Gasteiger charge is 2.04. The van der Waals surface area contributed by atoms with E-state index in [-0.39, 0.29) is 0 Å². The predicted octanol–water partition coefficient (Wildman–Crippen LogP) is 1.20. The smallest absolute Gasteiger partial charge is 0.162 e. The molecule has 0 aromatic carbocycles. The average Bonchev–Trinajstić information content (AvgIpc) is 2.52. The SMILES string of the molecule is CCc1nc(S)c2nc[nH]c2n1. The van der Waals surface area contributed by atoms with Crippen molar-refractivity contribution in [3.05, 3.63) is 12.2 Å². The molecule has 0 atom stereocenters. The van der Waals surface area contributed by atoms with Crippen LogP contribution in [0.15, 0.2) is 11.4 Å². The van der Waals surface area contributed by atoms with Gasteiger partial charge < -0.3 is 4.98 Å². The lowest BCUT2D eigenvalue weighted by Crippen LogP contribution is -1.94. The van der Waals surface area contributed by atoms with E-state index in [9.17, 15) is 0 Å². The molecular formula is C7H8N4S. The predicted molar refractivity (Wildman–Crippen MR) is 48.3 cm³/mol. The van der Waals surface area contributed by atoms with Gasteiger partial charge in [-0.1, -0.05) is 6.92 Å². The van der Waals surface area contributed by atoms with Crippen molar-refractivity contribution in [3.8, 4) is 0 Å². The van der Waals surface area contributed by atoms with Crippen molar-refractivity contribution >= 4 is 23.8 Å². The molecule has 0 unspecified atom stereocenters. The van der Waals surface area contributed by atoms with Crippen LogP contribution in [0.25, 0.3) is 11.2 Å². The van der Waals surface area contributed by atoms with E-state index >= 15 is 0 Å². The largest absolute Gasteiger partial charge is 0.329 e. The standard InChI is InChI=1S/C7H8N4S/c1-2-4-10-6-5(7(12)11-4)8-3-9-6/h3H,2H2,1H3,(H2,8,9,10,11,12). The number of aromatic nitrogens is 4. The second kappa shape index (κ2) is 2.75. The number of aromatic amines is 1. The molecule has 0 fully saturated rings. The van der Waals surface area contributed by atoms with Crippen molar-refractivity contribution in [1.82, 2.24) is 19.9 Å². The second-order valence-electron chi connectivity index (χ2n) is 2.42. The highest BCUT2D eigenvalue weighted by atomic mass is 32.1. The molecule has 62 valence electrons. The van der Waals surface area contributed by atoms with E-state index in [4.69, 9.17) is 0 Å². The third kappa shape index (κ3) is 1.06. The van der Waals surface area contributed by atoms with Crippen molar-refractivity contribution in [3.63, 3.8) is 0 Å². The zero-order valence-corrected chi connectivity index (χ0v) is 7.47. The summed E-state index contributed by atoms with van der Waals surface area (Å²) in [4.78, 5) is 15.4. The van der Waals surface area contributed by atoms with E-state index in [1.807, 2.05) is 6.92 Å². The van der Waals surface area contributed by atoms with Gasteiger partial charge in [-0.3, -0.25) is 0 Å². The molecular weight excluding hydrogens is 172 g/mol. The average molecular weight is 180 g/mol. The number of rotatable bonds is 1. The summed E-state index contributed by atoms with van der Waals surface area (Å²) in [5, 5.41) is 0.637. The fourth-order valence-electron chi connectivity index (χ4n) is 1.02. The maximum absolute atomic E-state index is 4.24. The van der Waals surface area contributed by atoms with Crippen LogP contribution < -0.4 is 0 Å². The van der Waals surface area contributed by atoms with Crippen LogP contribution in [0.2, 0.25) is 0 Å². The van der Waals surface area contributed by atoms with Crippen LogP contribution in [0.1, 0.15) is 12.7 Å². The Morgan fingerprint density at radius 1 is 1.50 bits per heavy atom. The van der Waals surface area contributed by atoms with Crippen molar-refractivity contribution in [1.29, 1.82) is 0 Å². The quantitative estimate of drug-likeness (QED) is 0.512. The van der Waals surface area contributed by atoms with Crippen molar-refractivity contribution < 1.29 is 0 Å². The first-order chi connectivity index (χ1) is 5.81. The number of hydrogen-bond donors (Lipinski definition) is 2. The van der Waals surface area contributed by atoms with Gasteiger partial charge in [0, 0.05) is 6.42 Å².